The van der Waals surface area contributed by atoms with Gasteiger partial charge in [-0.1, -0.05) is 35.9 Å². The van der Waals surface area contributed by atoms with E-state index in [0.29, 0.717) is 23.3 Å². The van der Waals surface area contributed by atoms with E-state index in [0.717, 1.165) is 31.7 Å². The fraction of sp³-hybridized carbons (Fsp3) is 0.316. The molecule has 7 heteroatoms. The number of nitrogens with one attached hydrogen (secondary N) is 1. The van der Waals surface area contributed by atoms with Crippen LogP contribution in [0.3, 0.4) is 0 Å². The lowest BCUT2D eigenvalue weighted by molar-refractivity contribution is 0.262. The minimum atomic E-state index is 0. The molecule has 0 saturated carbocycles. The van der Waals surface area contributed by atoms with E-state index in [4.69, 9.17) is 22.1 Å². The molecule has 1 aliphatic rings. The number of hydrogen-bond donors (Lipinski definition) is 2. The third kappa shape index (κ3) is 5.49. The molecule has 0 aliphatic carbocycles. The van der Waals surface area contributed by atoms with Crippen molar-refractivity contribution in [2.75, 3.05) is 32.1 Å². The molecule has 26 heavy (non-hydrogen) atoms. The molecule has 5 nitrogen and oxygen atoms in total. The molecule has 140 valence electrons. The molecular weight excluding hydrogens is 463 g/mol. The predicted octanol–water partition coefficient (Wildman–Crippen LogP) is 3.75. The molecule has 0 fully saturated rings. The smallest absolute Gasteiger partial charge is 0.193 e. The van der Waals surface area contributed by atoms with Crippen molar-refractivity contribution in [3.63, 3.8) is 0 Å². The van der Waals surface area contributed by atoms with Crippen LogP contribution in [0.4, 0.5) is 5.69 Å². The number of ether oxygens (including phenoxy) is 1. The van der Waals surface area contributed by atoms with Gasteiger partial charge in [-0.25, -0.2) is 0 Å². The molecule has 2 aromatic rings. The SMILES string of the molecule is COc1ccc(NC(N)=NCCN2CCc3ccccc3C2)cc1Cl.I. The van der Waals surface area contributed by atoms with Crippen LogP contribution >= 0.6 is 35.6 Å². The second-order valence-corrected chi connectivity index (χ2v) is 6.44. The van der Waals surface area contributed by atoms with Crippen molar-refractivity contribution in [1.82, 2.24) is 4.90 Å². The summed E-state index contributed by atoms with van der Waals surface area (Å²) >= 11 is 6.11. The molecule has 0 aromatic heterocycles. The van der Waals surface area contributed by atoms with Crippen LogP contribution in [0, 0.1) is 0 Å². The minimum absolute atomic E-state index is 0. The molecule has 3 rings (SSSR count). The van der Waals surface area contributed by atoms with E-state index in [9.17, 15) is 0 Å². The first-order valence-electron chi connectivity index (χ1n) is 8.35. The quantitative estimate of drug-likeness (QED) is 0.384. The maximum Gasteiger partial charge on any atom is 0.193 e. The highest BCUT2D eigenvalue weighted by atomic mass is 127. The van der Waals surface area contributed by atoms with E-state index < -0.39 is 0 Å². The Morgan fingerprint density at radius 3 is 2.77 bits per heavy atom. The lowest BCUT2D eigenvalue weighted by atomic mass is 10.0. The van der Waals surface area contributed by atoms with Gasteiger partial charge in [0.25, 0.3) is 0 Å². The Morgan fingerprint density at radius 1 is 1.27 bits per heavy atom. The van der Waals surface area contributed by atoms with Gasteiger partial charge in [0.05, 0.1) is 18.7 Å². The first-order valence-corrected chi connectivity index (χ1v) is 8.73. The topological polar surface area (TPSA) is 62.9 Å². The highest BCUT2D eigenvalue weighted by molar-refractivity contribution is 14.0. The van der Waals surface area contributed by atoms with Crippen LogP contribution in [-0.4, -0.2) is 37.6 Å². The van der Waals surface area contributed by atoms with Gasteiger partial charge < -0.3 is 15.8 Å². The Morgan fingerprint density at radius 2 is 2.04 bits per heavy atom. The number of anilines is 1. The van der Waals surface area contributed by atoms with Gasteiger partial charge in [0.1, 0.15) is 5.75 Å². The number of halogens is 2. The van der Waals surface area contributed by atoms with E-state index in [1.807, 2.05) is 6.07 Å². The van der Waals surface area contributed by atoms with Crippen LogP contribution in [0.25, 0.3) is 0 Å². The zero-order valence-electron chi connectivity index (χ0n) is 14.7. The van der Waals surface area contributed by atoms with Crippen LogP contribution in [0.5, 0.6) is 5.75 Å². The van der Waals surface area contributed by atoms with Gasteiger partial charge in [-0.15, -0.1) is 24.0 Å². The lowest BCUT2D eigenvalue weighted by Crippen LogP contribution is -2.33. The fourth-order valence-corrected chi connectivity index (χ4v) is 3.25. The Labute approximate surface area is 176 Å². The van der Waals surface area contributed by atoms with Crippen molar-refractivity contribution in [3.05, 3.63) is 58.6 Å². The van der Waals surface area contributed by atoms with Crippen LogP contribution < -0.4 is 15.8 Å². The molecule has 0 radical (unpaired) electrons. The van der Waals surface area contributed by atoms with Gasteiger partial charge >= 0.3 is 0 Å². The molecular formula is C19H24ClIN4O. The number of aliphatic imine (C=N–C) groups is 1. The van der Waals surface area contributed by atoms with Crippen LogP contribution in [0.1, 0.15) is 11.1 Å². The monoisotopic (exact) mass is 486 g/mol. The van der Waals surface area contributed by atoms with Gasteiger partial charge in [0, 0.05) is 25.3 Å². The van der Waals surface area contributed by atoms with Crippen LogP contribution in [0.2, 0.25) is 5.02 Å². The average Bonchev–Trinajstić information content (AvgIpc) is 2.62. The van der Waals surface area contributed by atoms with E-state index in [1.165, 1.54) is 11.1 Å². The maximum atomic E-state index is 6.11. The number of benzene rings is 2. The first kappa shape index (κ1) is 20.8. The summed E-state index contributed by atoms with van der Waals surface area (Å²) in [6.45, 7) is 3.59. The summed E-state index contributed by atoms with van der Waals surface area (Å²) < 4.78 is 5.14. The van der Waals surface area contributed by atoms with Crippen LogP contribution in [-0.2, 0) is 13.0 Å². The fourth-order valence-electron chi connectivity index (χ4n) is 2.99. The molecule has 0 saturated heterocycles. The predicted molar refractivity (Wildman–Crippen MR) is 119 cm³/mol. The van der Waals surface area contributed by atoms with Gasteiger partial charge in [-0.05, 0) is 35.7 Å². The van der Waals surface area contributed by atoms with Gasteiger partial charge in [0.15, 0.2) is 5.96 Å². The minimum Gasteiger partial charge on any atom is -0.495 e. The number of nitrogens with two attached hydrogens (primary N) is 1. The molecule has 0 spiro atoms. The second kappa shape index (κ2) is 9.99. The van der Waals surface area contributed by atoms with Crippen molar-refractivity contribution in [3.8, 4) is 5.75 Å². The zero-order chi connectivity index (χ0) is 17.6. The standard InChI is InChI=1S/C19H23ClN4O.HI/c1-25-18-7-6-16(12-17(18)20)23-19(21)22-9-11-24-10-8-14-4-2-3-5-15(14)13-24;/h2-7,12H,8-11,13H2,1H3,(H3,21,22,23);1H. The number of guanidine groups is 1. The Balaban J connectivity index is 0.00000243. The molecule has 0 amide bonds. The third-order valence-electron chi connectivity index (χ3n) is 4.33. The summed E-state index contributed by atoms with van der Waals surface area (Å²) in [6.07, 6.45) is 1.10. The molecule has 2 aromatic carbocycles. The number of methoxy groups -OCH3 is 1. The molecule has 0 bridgehead atoms. The summed E-state index contributed by atoms with van der Waals surface area (Å²) in [5, 5.41) is 3.59. The average molecular weight is 487 g/mol. The zero-order valence-corrected chi connectivity index (χ0v) is 17.8. The van der Waals surface area contributed by atoms with E-state index in [1.54, 1.807) is 19.2 Å². The van der Waals surface area contributed by atoms with Crippen molar-refractivity contribution < 1.29 is 4.74 Å². The largest absolute Gasteiger partial charge is 0.495 e. The summed E-state index contributed by atoms with van der Waals surface area (Å²) in [4.78, 5) is 6.82. The van der Waals surface area contributed by atoms with Gasteiger partial charge in [0.2, 0.25) is 0 Å². The maximum absolute atomic E-state index is 6.11. The molecule has 0 atom stereocenters. The van der Waals surface area contributed by atoms with Crippen molar-refractivity contribution in [2.45, 2.75) is 13.0 Å². The Kier molecular flexibility index (Phi) is 7.99. The summed E-state index contributed by atoms with van der Waals surface area (Å²) in [5.41, 5.74) is 9.63. The highest BCUT2D eigenvalue weighted by Crippen LogP contribution is 2.27. The first-order chi connectivity index (χ1) is 12.2. The van der Waals surface area contributed by atoms with Crippen molar-refractivity contribution in [2.24, 2.45) is 10.7 Å². The van der Waals surface area contributed by atoms with E-state index in [2.05, 4.69) is 39.5 Å². The molecule has 0 unspecified atom stereocenters. The normalized spacial score (nSPS) is 14.3. The third-order valence-corrected chi connectivity index (χ3v) is 4.63. The second-order valence-electron chi connectivity index (χ2n) is 6.04. The summed E-state index contributed by atoms with van der Waals surface area (Å²) in [6, 6.07) is 14.0. The van der Waals surface area contributed by atoms with Gasteiger partial charge in [-0.2, -0.15) is 0 Å². The molecule has 1 heterocycles. The summed E-state index contributed by atoms with van der Waals surface area (Å²) in [7, 11) is 1.59. The van der Waals surface area contributed by atoms with E-state index >= 15 is 0 Å². The Hall–Kier alpha value is -1.51. The summed E-state index contributed by atoms with van der Waals surface area (Å²) in [5.74, 6) is 1.02. The number of nitrogens with zero attached hydrogens (tertiary/aromatic N) is 2. The highest BCUT2D eigenvalue weighted by Gasteiger charge is 2.14. The molecule has 3 N–H and O–H groups in total. The molecule has 1 aliphatic heterocycles. The van der Waals surface area contributed by atoms with E-state index in [-0.39, 0.29) is 24.0 Å². The van der Waals surface area contributed by atoms with Crippen molar-refractivity contribution >= 4 is 47.2 Å². The lowest BCUT2D eigenvalue weighted by Gasteiger charge is -2.28. The number of hydrogen-bond acceptors (Lipinski definition) is 3. The number of fused-ring (bicyclic) bond motifs is 1. The van der Waals surface area contributed by atoms with Crippen LogP contribution in [0.15, 0.2) is 47.5 Å². The van der Waals surface area contributed by atoms with Gasteiger partial charge in [-0.3, -0.25) is 9.89 Å². The Bertz CT molecular complexity index is 769. The van der Waals surface area contributed by atoms with Crippen molar-refractivity contribution in [1.29, 1.82) is 0 Å². The number of rotatable bonds is 5.